The summed E-state index contributed by atoms with van der Waals surface area (Å²) in [5.74, 6) is 0.868. The van der Waals surface area contributed by atoms with Crippen LogP contribution in [0.3, 0.4) is 0 Å². The van der Waals surface area contributed by atoms with Gasteiger partial charge in [0.1, 0.15) is 11.9 Å². The van der Waals surface area contributed by atoms with Crippen molar-refractivity contribution in [2.24, 2.45) is 0 Å². The predicted octanol–water partition coefficient (Wildman–Crippen LogP) is 3.98. The standard InChI is InChI=1S/C33H37ClFN5O6S/c1-4-24-7-6-18-47(43,44)40-25(20-36-24)15-16-26-27(35)8-5-9-28(26)38-32(41)31(39-33(42)46-3)30(21-10-13-23(34)14-11-21)22-12-17-29(45-2)37-19-22/h1,5,8-14,17,19,24-25,30-31,36,40H,6-7,15-16,18,20H2,2-3H3,(H,38,41)(H,39,42)/t24?,25?,30-,31-/m0/s1. The average molecular weight is 686 g/mol. The maximum atomic E-state index is 15.3. The molecule has 4 atom stereocenters. The van der Waals surface area contributed by atoms with Crippen LogP contribution < -0.4 is 25.4 Å². The fourth-order valence-corrected chi connectivity index (χ4v) is 6.91. The van der Waals surface area contributed by atoms with E-state index >= 15 is 4.39 Å². The summed E-state index contributed by atoms with van der Waals surface area (Å²) in [7, 11) is -0.932. The van der Waals surface area contributed by atoms with E-state index in [1.54, 1.807) is 36.4 Å². The number of halogens is 2. The number of rotatable bonds is 10. The maximum Gasteiger partial charge on any atom is 0.407 e. The molecular weight excluding hydrogens is 649 g/mol. The molecule has 0 aliphatic carbocycles. The van der Waals surface area contributed by atoms with Gasteiger partial charge >= 0.3 is 6.09 Å². The molecule has 0 spiro atoms. The van der Waals surface area contributed by atoms with Crippen LogP contribution in [0.5, 0.6) is 5.88 Å². The van der Waals surface area contributed by atoms with Crippen molar-refractivity contribution in [1.82, 2.24) is 20.3 Å². The zero-order chi connectivity index (χ0) is 34.0. The topological polar surface area (TPSA) is 148 Å². The Morgan fingerprint density at radius 1 is 1.15 bits per heavy atom. The summed E-state index contributed by atoms with van der Waals surface area (Å²) in [6, 6.07) is 12.2. The number of benzene rings is 2. The minimum Gasteiger partial charge on any atom is -0.481 e. The lowest BCUT2D eigenvalue weighted by molar-refractivity contribution is -0.118. The highest BCUT2D eigenvalue weighted by atomic mass is 35.5. The second-order valence-electron chi connectivity index (χ2n) is 11.0. The summed E-state index contributed by atoms with van der Waals surface area (Å²) < 4.78 is 53.3. The van der Waals surface area contributed by atoms with E-state index in [1.807, 2.05) is 0 Å². The fourth-order valence-electron chi connectivity index (χ4n) is 5.41. The molecule has 1 aliphatic rings. The predicted molar refractivity (Wildman–Crippen MR) is 177 cm³/mol. The van der Waals surface area contributed by atoms with E-state index in [9.17, 15) is 18.0 Å². The SMILES string of the molecule is C#CC1CCCS(=O)(=O)NC(CCc2c(F)cccc2NC(=O)[C@@H](NC(=O)OC)[C@@H](c2ccc(Cl)cc2)c2ccc(OC)nc2)CN1. The fraction of sp³-hybridized carbons (Fsp3) is 0.364. The molecule has 250 valence electrons. The Labute approximate surface area is 279 Å². The molecule has 4 rings (SSSR count). The van der Waals surface area contributed by atoms with Gasteiger partial charge in [0.15, 0.2) is 0 Å². The molecule has 11 nitrogen and oxygen atoms in total. The molecule has 2 heterocycles. The van der Waals surface area contributed by atoms with E-state index < -0.39 is 45.8 Å². The molecule has 2 unspecified atom stereocenters. The molecule has 2 amide bonds. The number of methoxy groups -OCH3 is 2. The quantitative estimate of drug-likeness (QED) is 0.235. The summed E-state index contributed by atoms with van der Waals surface area (Å²) in [6.45, 7) is 0.244. The summed E-state index contributed by atoms with van der Waals surface area (Å²) >= 11 is 6.15. The molecule has 1 saturated heterocycles. The van der Waals surface area contributed by atoms with Gasteiger partial charge in [-0.05, 0) is 61.1 Å². The van der Waals surface area contributed by atoms with Gasteiger partial charge in [0.25, 0.3) is 0 Å². The van der Waals surface area contributed by atoms with Crippen molar-refractivity contribution in [1.29, 1.82) is 0 Å². The minimum absolute atomic E-state index is 0.0720. The smallest absolute Gasteiger partial charge is 0.407 e. The van der Waals surface area contributed by atoms with Crippen molar-refractivity contribution < 1.29 is 31.9 Å². The Morgan fingerprint density at radius 3 is 2.55 bits per heavy atom. The van der Waals surface area contributed by atoms with Gasteiger partial charge in [0, 0.05) is 47.0 Å². The Morgan fingerprint density at radius 2 is 1.89 bits per heavy atom. The van der Waals surface area contributed by atoms with Gasteiger partial charge in [-0.2, -0.15) is 0 Å². The third-order valence-corrected chi connectivity index (χ3v) is 9.59. The van der Waals surface area contributed by atoms with Crippen molar-refractivity contribution in [3.05, 3.63) is 88.3 Å². The molecule has 14 heteroatoms. The molecule has 4 N–H and O–H groups in total. The lowest BCUT2D eigenvalue weighted by Gasteiger charge is -2.28. The van der Waals surface area contributed by atoms with E-state index in [2.05, 4.69) is 31.6 Å². The highest BCUT2D eigenvalue weighted by Gasteiger charge is 2.34. The highest BCUT2D eigenvalue weighted by Crippen LogP contribution is 2.31. The van der Waals surface area contributed by atoms with Crippen molar-refractivity contribution in [3.8, 4) is 18.2 Å². The van der Waals surface area contributed by atoms with Crippen molar-refractivity contribution in [2.45, 2.75) is 49.7 Å². The van der Waals surface area contributed by atoms with E-state index in [0.29, 0.717) is 34.9 Å². The van der Waals surface area contributed by atoms with Crippen LogP contribution >= 0.6 is 11.6 Å². The van der Waals surface area contributed by atoms with Crippen molar-refractivity contribution >= 4 is 39.3 Å². The first-order valence-corrected chi connectivity index (χ1v) is 16.9. The first-order valence-electron chi connectivity index (χ1n) is 14.9. The number of nitrogens with zero attached hydrogens (tertiary/aromatic N) is 1. The number of carbonyl (C=O) groups is 2. The van der Waals surface area contributed by atoms with Gasteiger partial charge in [0.05, 0.1) is 26.0 Å². The molecule has 1 aromatic heterocycles. The molecule has 3 aromatic rings. The van der Waals surface area contributed by atoms with Gasteiger partial charge < -0.3 is 25.4 Å². The Hall–Kier alpha value is -4.22. The third kappa shape index (κ3) is 9.89. The van der Waals surface area contributed by atoms with Crippen LogP contribution in [0.15, 0.2) is 60.8 Å². The first-order chi connectivity index (χ1) is 22.5. The number of terminal acetylenes is 1. The lowest BCUT2D eigenvalue weighted by atomic mass is 9.85. The minimum atomic E-state index is -3.58. The van der Waals surface area contributed by atoms with Gasteiger partial charge in [-0.25, -0.2) is 27.3 Å². The Balaban J connectivity index is 1.65. The zero-order valence-electron chi connectivity index (χ0n) is 26.0. The van der Waals surface area contributed by atoms with Crippen LogP contribution in [0.25, 0.3) is 0 Å². The number of nitrogens with one attached hydrogen (secondary N) is 4. The largest absolute Gasteiger partial charge is 0.481 e. The number of hydrogen-bond acceptors (Lipinski definition) is 8. The monoisotopic (exact) mass is 685 g/mol. The van der Waals surface area contributed by atoms with Gasteiger partial charge in [0.2, 0.25) is 21.8 Å². The number of alkyl carbamates (subject to hydrolysis) is 1. The summed E-state index contributed by atoms with van der Waals surface area (Å²) in [5.41, 5.74) is 1.52. The van der Waals surface area contributed by atoms with Crippen LogP contribution in [0.4, 0.5) is 14.9 Å². The van der Waals surface area contributed by atoms with Gasteiger partial charge in [-0.1, -0.05) is 41.8 Å². The van der Waals surface area contributed by atoms with Crippen LogP contribution in [-0.4, -0.2) is 70.0 Å². The number of carbonyl (C=O) groups excluding carboxylic acids is 2. The number of amides is 2. The van der Waals surface area contributed by atoms with Crippen molar-refractivity contribution in [3.63, 3.8) is 0 Å². The molecular formula is C33H37ClFN5O6S. The maximum absolute atomic E-state index is 15.3. The normalized spacial score (nSPS) is 19.0. The second-order valence-corrected chi connectivity index (χ2v) is 13.3. The number of pyridine rings is 1. The number of ether oxygens (including phenoxy) is 2. The van der Waals surface area contributed by atoms with Gasteiger partial charge in [-0.15, -0.1) is 6.42 Å². The third-order valence-electron chi connectivity index (χ3n) is 7.81. The second kappa shape index (κ2) is 16.6. The Bertz CT molecular complexity index is 1690. The molecule has 2 aromatic carbocycles. The van der Waals surface area contributed by atoms with Crippen LogP contribution in [-0.2, 0) is 26.0 Å². The van der Waals surface area contributed by atoms with Gasteiger partial charge in [-0.3, -0.25) is 4.79 Å². The molecule has 47 heavy (non-hydrogen) atoms. The molecule has 0 saturated carbocycles. The number of anilines is 1. The van der Waals surface area contributed by atoms with Crippen LogP contribution in [0.2, 0.25) is 5.02 Å². The summed E-state index contributed by atoms with van der Waals surface area (Å²) in [5, 5.41) is 9.07. The lowest BCUT2D eigenvalue weighted by Crippen LogP contribution is -2.48. The highest BCUT2D eigenvalue weighted by molar-refractivity contribution is 7.89. The number of aromatic nitrogens is 1. The Kier molecular flexibility index (Phi) is 12.6. The molecule has 0 bridgehead atoms. The number of sulfonamides is 1. The van der Waals surface area contributed by atoms with Crippen molar-refractivity contribution in [2.75, 3.05) is 31.8 Å². The van der Waals surface area contributed by atoms with E-state index in [1.165, 1.54) is 38.6 Å². The zero-order valence-corrected chi connectivity index (χ0v) is 27.5. The number of hydrogen-bond donors (Lipinski definition) is 4. The van der Waals surface area contributed by atoms with E-state index in [0.717, 1.165) is 0 Å². The van der Waals surface area contributed by atoms with E-state index in [4.69, 9.17) is 27.5 Å². The summed E-state index contributed by atoms with van der Waals surface area (Å²) in [6.07, 6.45) is 7.46. The van der Waals surface area contributed by atoms with E-state index in [-0.39, 0.29) is 42.4 Å². The average Bonchev–Trinajstić information content (AvgIpc) is 3.13. The molecule has 1 aliphatic heterocycles. The molecule has 1 fully saturated rings. The molecule has 0 radical (unpaired) electrons. The van der Waals surface area contributed by atoms with Crippen LogP contribution in [0.1, 0.15) is 41.9 Å². The first kappa shape index (κ1) is 35.6. The van der Waals surface area contributed by atoms with Crippen LogP contribution in [0, 0.1) is 18.2 Å². The summed E-state index contributed by atoms with van der Waals surface area (Å²) in [4.78, 5) is 30.9.